The average Bonchev–Trinajstić information content (AvgIpc) is 3.50. The van der Waals surface area contributed by atoms with E-state index in [1.165, 1.54) is 32.7 Å². The number of amidine groups is 2. The second-order valence-electron chi connectivity index (χ2n) is 11.4. The molecule has 1 aliphatic rings. The van der Waals surface area contributed by atoms with Crippen LogP contribution in [0.3, 0.4) is 0 Å². The fourth-order valence-corrected chi connectivity index (χ4v) is 6.50. The Hall–Kier alpha value is -6.00. The Bertz CT molecular complexity index is 2460. The highest BCUT2D eigenvalue weighted by Crippen LogP contribution is 2.34. The first-order valence-electron chi connectivity index (χ1n) is 15.2. The average molecular weight is 578 g/mol. The van der Waals surface area contributed by atoms with Gasteiger partial charge in [0.15, 0.2) is 6.17 Å². The van der Waals surface area contributed by atoms with Crippen LogP contribution in [0, 0.1) is 0 Å². The number of nitrogens with one attached hydrogen (secondary N) is 1. The molecule has 0 radical (unpaired) electrons. The molecule has 0 amide bonds. The van der Waals surface area contributed by atoms with E-state index in [0.717, 1.165) is 50.3 Å². The smallest absolute Gasteiger partial charge is 0.169 e. The van der Waals surface area contributed by atoms with Crippen molar-refractivity contribution >= 4 is 55.2 Å². The summed E-state index contributed by atoms with van der Waals surface area (Å²) in [6.45, 7) is 0. The summed E-state index contributed by atoms with van der Waals surface area (Å²) in [5.74, 6) is 1.56. The number of para-hydroxylation sites is 1. The van der Waals surface area contributed by atoms with Crippen molar-refractivity contribution in [2.24, 2.45) is 9.98 Å². The van der Waals surface area contributed by atoms with Crippen molar-refractivity contribution in [1.82, 2.24) is 5.32 Å². The SMILES string of the molecule is c1ccc2cc(C3=NC(c4ccc(-c5cccc6ccccc56)cc4)N=C(c4cccc5oc6ccccc6c45)N3)ccc2c1. The van der Waals surface area contributed by atoms with Gasteiger partial charge in [-0.05, 0) is 56.4 Å². The van der Waals surface area contributed by atoms with Gasteiger partial charge in [0.25, 0.3) is 0 Å². The molecule has 2 heterocycles. The van der Waals surface area contributed by atoms with Gasteiger partial charge in [0.1, 0.15) is 22.8 Å². The maximum atomic E-state index is 6.23. The van der Waals surface area contributed by atoms with E-state index in [0.29, 0.717) is 0 Å². The first kappa shape index (κ1) is 25.5. The first-order valence-corrected chi connectivity index (χ1v) is 15.2. The van der Waals surface area contributed by atoms with Crippen LogP contribution in [0.1, 0.15) is 22.9 Å². The van der Waals surface area contributed by atoms with E-state index in [9.17, 15) is 0 Å². The number of furan rings is 1. The van der Waals surface area contributed by atoms with Crippen LogP contribution in [-0.2, 0) is 0 Å². The zero-order valence-electron chi connectivity index (χ0n) is 24.3. The topological polar surface area (TPSA) is 49.9 Å². The second kappa shape index (κ2) is 10.3. The highest BCUT2D eigenvalue weighted by molar-refractivity contribution is 6.23. The van der Waals surface area contributed by atoms with Crippen LogP contribution in [0.4, 0.5) is 0 Å². The molecule has 0 bridgehead atoms. The molecule has 4 nitrogen and oxygen atoms in total. The molecule has 1 aliphatic heterocycles. The van der Waals surface area contributed by atoms with Gasteiger partial charge in [-0.15, -0.1) is 0 Å². The highest BCUT2D eigenvalue weighted by Gasteiger charge is 2.23. The molecule has 0 spiro atoms. The lowest BCUT2D eigenvalue weighted by Gasteiger charge is -2.23. The highest BCUT2D eigenvalue weighted by atomic mass is 16.3. The van der Waals surface area contributed by atoms with Crippen molar-refractivity contribution in [3.8, 4) is 11.1 Å². The van der Waals surface area contributed by atoms with Gasteiger partial charge in [0, 0.05) is 21.9 Å². The molecular weight excluding hydrogens is 550 g/mol. The van der Waals surface area contributed by atoms with Crippen LogP contribution in [0.2, 0.25) is 0 Å². The van der Waals surface area contributed by atoms with Gasteiger partial charge in [0.05, 0.1) is 0 Å². The van der Waals surface area contributed by atoms with E-state index in [-0.39, 0.29) is 0 Å². The number of benzene rings is 7. The first-order chi connectivity index (χ1) is 22.3. The maximum absolute atomic E-state index is 6.23. The molecule has 1 unspecified atom stereocenters. The normalized spacial score (nSPS) is 14.9. The van der Waals surface area contributed by atoms with Crippen LogP contribution in [0.15, 0.2) is 166 Å². The summed E-state index contributed by atoms with van der Waals surface area (Å²) in [5.41, 5.74) is 7.12. The fraction of sp³-hybridized carbons (Fsp3) is 0.0244. The molecule has 45 heavy (non-hydrogen) atoms. The predicted molar refractivity (Wildman–Crippen MR) is 186 cm³/mol. The van der Waals surface area contributed by atoms with Crippen molar-refractivity contribution in [1.29, 1.82) is 0 Å². The van der Waals surface area contributed by atoms with Crippen molar-refractivity contribution in [3.63, 3.8) is 0 Å². The number of aliphatic imine (C=N–C) groups is 2. The molecule has 1 N–H and O–H groups in total. The van der Waals surface area contributed by atoms with Crippen LogP contribution in [0.5, 0.6) is 0 Å². The number of hydrogen-bond acceptors (Lipinski definition) is 4. The van der Waals surface area contributed by atoms with Crippen molar-refractivity contribution in [2.75, 3.05) is 0 Å². The number of fused-ring (bicyclic) bond motifs is 5. The van der Waals surface area contributed by atoms with Crippen molar-refractivity contribution in [2.45, 2.75) is 6.17 Å². The summed E-state index contributed by atoms with van der Waals surface area (Å²) >= 11 is 0. The van der Waals surface area contributed by atoms with E-state index in [4.69, 9.17) is 14.4 Å². The molecule has 0 saturated carbocycles. The Morgan fingerprint density at radius 1 is 0.467 bits per heavy atom. The van der Waals surface area contributed by atoms with E-state index >= 15 is 0 Å². The molecule has 7 aromatic carbocycles. The van der Waals surface area contributed by atoms with Crippen LogP contribution in [-0.4, -0.2) is 11.7 Å². The zero-order chi connectivity index (χ0) is 29.7. The molecule has 0 aliphatic carbocycles. The molecule has 1 aromatic heterocycles. The van der Waals surface area contributed by atoms with Gasteiger partial charge in [-0.25, -0.2) is 9.98 Å². The molecule has 9 rings (SSSR count). The molecule has 212 valence electrons. The van der Waals surface area contributed by atoms with Crippen LogP contribution in [0.25, 0.3) is 54.6 Å². The van der Waals surface area contributed by atoms with Gasteiger partial charge >= 0.3 is 0 Å². The van der Waals surface area contributed by atoms with E-state index in [2.05, 4.69) is 127 Å². The Balaban J connectivity index is 1.18. The van der Waals surface area contributed by atoms with Crippen LogP contribution >= 0.6 is 0 Å². The predicted octanol–water partition coefficient (Wildman–Crippen LogP) is 10.1. The summed E-state index contributed by atoms with van der Waals surface area (Å²) in [7, 11) is 0. The largest absolute Gasteiger partial charge is 0.456 e. The third-order valence-corrected chi connectivity index (χ3v) is 8.73. The fourth-order valence-electron chi connectivity index (χ4n) is 6.50. The number of hydrogen-bond donors (Lipinski definition) is 1. The molecule has 0 saturated heterocycles. The minimum Gasteiger partial charge on any atom is -0.456 e. The third kappa shape index (κ3) is 4.38. The van der Waals surface area contributed by atoms with Crippen molar-refractivity contribution in [3.05, 3.63) is 168 Å². The quantitative estimate of drug-likeness (QED) is 0.226. The monoisotopic (exact) mass is 577 g/mol. The minimum atomic E-state index is -0.419. The van der Waals surface area contributed by atoms with E-state index in [1.54, 1.807) is 0 Å². The Labute approximate surface area is 260 Å². The van der Waals surface area contributed by atoms with E-state index < -0.39 is 6.17 Å². The van der Waals surface area contributed by atoms with Gasteiger partial charge in [-0.2, -0.15) is 0 Å². The number of rotatable bonds is 4. The lowest BCUT2D eigenvalue weighted by molar-refractivity contribution is 0.669. The number of nitrogens with zero attached hydrogens (tertiary/aromatic N) is 2. The second-order valence-corrected chi connectivity index (χ2v) is 11.4. The standard InChI is InChI=1S/C41H27N3O/c1-2-11-30-25-31(24-19-26(30)9-1)40-42-39(29-22-20-28(21-23-29)33-15-7-12-27-10-3-4-13-32(27)33)43-41(44-40)35-16-8-18-37-38(35)34-14-5-6-17-36(34)45-37/h1-25,39H,(H,42,43,44). The summed E-state index contributed by atoms with van der Waals surface area (Å²) in [6, 6.07) is 52.9. The molecule has 1 atom stereocenters. The molecule has 8 aromatic rings. The summed E-state index contributed by atoms with van der Waals surface area (Å²) in [5, 5.41) is 10.6. The Kier molecular flexibility index (Phi) is 5.85. The van der Waals surface area contributed by atoms with Gasteiger partial charge in [0.2, 0.25) is 0 Å². The Morgan fingerprint density at radius 2 is 1.11 bits per heavy atom. The lowest BCUT2D eigenvalue weighted by Crippen LogP contribution is -2.36. The van der Waals surface area contributed by atoms with Gasteiger partial charge in [-0.3, -0.25) is 0 Å². The van der Waals surface area contributed by atoms with Crippen molar-refractivity contribution < 1.29 is 4.42 Å². The van der Waals surface area contributed by atoms with Gasteiger partial charge in [-0.1, -0.05) is 133 Å². The third-order valence-electron chi connectivity index (χ3n) is 8.73. The lowest BCUT2D eigenvalue weighted by atomic mass is 9.97. The minimum absolute atomic E-state index is 0.419. The Morgan fingerprint density at radius 3 is 2.00 bits per heavy atom. The van der Waals surface area contributed by atoms with Gasteiger partial charge < -0.3 is 9.73 Å². The molecular formula is C41H27N3O. The molecule has 0 fully saturated rings. The summed E-state index contributed by atoms with van der Waals surface area (Å²) in [4.78, 5) is 10.4. The zero-order valence-corrected chi connectivity index (χ0v) is 24.3. The molecule has 4 heteroatoms. The summed E-state index contributed by atoms with van der Waals surface area (Å²) < 4.78 is 6.23. The van der Waals surface area contributed by atoms with Crippen LogP contribution < -0.4 is 5.32 Å². The van der Waals surface area contributed by atoms with E-state index in [1.807, 2.05) is 30.3 Å². The maximum Gasteiger partial charge on any atom is 0.169 e. The summed E-state index contributed by atoms with van der Waals surface area (Å²) in [6.07, 6.45) is -0.419.